The predicted octanol–water partition coefficient (Wildman–Crippen LogP) is 4.10. The second kappa shape index (κ2) is 9.50. The number of pyridine rings is 2. The minimum Gasteiger partial charge on any atom is -0.497 e. The van der Waals surface area contributed by atoms with E-state index < -0.39 is 0 Å². The fraction of sp³-hybridized carbons (Fsp3) is 0.308. The Labute approximate surface area is 192 Å². The summed E-state index contributed by atoms with van der Waals surface area (Å²) in [5, 5.41) is 2.62. The second-order valence-corrected chi connectivity index (χ2v) is 7.95. The van der Waals surface area contributed by atoms with Gasteiger partial charge in [-0.15, -0.1) is 0 Å². The van der Waals surface area contributed by atoms with Crippen LogP contribution in [-0.4, -0.2) is 31.3 Å². The van der Waals surface area contributed by atoms with E-state index >= 15 is 0 Å². The van der Waals surface area contributed by atoms with E-state index in [0.29, 0.717) is 29.2 Å². The molecule has 0 amide bonds. The van der Waals surface area contributed by atoms with E-state index in [1.807, 2.05) is 30.3 Å². The Kier molecular flexibility index (Phi) is 6.51. The molecule has 0 bridgehead atoms. The van der Waals surface area contributed by atoms with Crippen LogP contribution in [0.5, 0.6) is 17.2 Å². The predicted molar refractivity (Wildman–Crippen MR) is 131 cm³/mol. The van der Waals surface area contributed by atoms with Crippen molar-refractivity contribution in [2.45, 2.75) is 32.7 Å². The number of methoxy groups -OCH3 is 3. The standard InChI is InChI=1S/C26H29N3O4/c1-5-6-21-16(9-15-10-17(31-2)7-8-22(15)28-21)11-20-18-12-24(32-3)25(33-4)13-19(18)23(14-27)29-26(20)30/h7-10,12-13H,5-6,11,14,27H2,1-4H3,(H,29,30). The van der Waals surface area contributed by atoms with E-state index in [9.17, 15) is 4.79 Å². The summed E-state index contributed by atoms with van der Waals surface area (Å²) >= 11 is 0. The first-order chi connectivity index (χ1) is 16.0. The molecule has 0 aliphatic rings. The smallest absolute Gasteiger partial charge is 0.252 e. The van der Waals surface area contributed by atoms with E-state index in [-0.39, 0.29) is 12.1 Å². The number of fused-ring (bicyclic) bond motifs is 2. The highest BCUT2D eigenvalue weighted by molar-refractivity contribution is 5.91. The van der Waals surface area contributed by atoms with Crippen molar-refractivity contribution in [1.82, 2.24) is 9.97 Å². The first kappa shape index (κ1) is 22.6. The number of aryl methyl sites for hydroxylation is 1. The molecule has 7 heteroatoms. The molecular weight excluding hydrogens is 418 g/mol. The van der Waals surface area contributed by atoms with Gasteiger partial charge in [0.15, 0.2) is 11.5 Å². The van der Waals surface area contributed by atoms with Gasteiger partial charge in [0, 0.05) is 40.7 Å². The van der Waals surface area contributed by atoms with Gasteiger partial charge in [-0.2, -0.15) is 0 Å². The van der Waals surface area contributed by atoms with Crippen molar-refractivity contribution in [2.24, 2.45) is 5.73 Å². The normalized spacial score (nSPS) is 11.2. The number of H-pyrrole nitrogens is 1. The Morgan fingerprint density at radius 1 is 0.970 bits per heavy atom. The third-order valence-electron chi connectivity index (χ3n) is 5.96. The average Bonchev–Trinajstić information content (AvgIpc) is 2.84. The van der Waals surface area contributed by atoms with Crippen LogP contribution in [0.1, 0.15) is 35.9 Å². The molecule has 0 radical (unpaired) electrons. The number of hydrogen-bond acceptors (Lipinski definition) is 6. The van der Waals surface area contributed by atoms with Crippen LogP contribution in [0.4, 0.5) is 0 Å². The highest BCUT2D eigenvalue weighted by atomic mass is 16.5. The third-order valence-corrected chi connectivity index (χ3v) is 5.96. The summed E-state index contributed by atoms with van der Waals surface area (Å²) in [5.41, 5.74) is 9.99. The molecule has 2 aromatic carbocycles. The van der Waals surface area contributed by atoms with Crippen molar-refractivity contribution < 1.29 is 14.2 Å². The van der Waals surface area contributed by atoms with Gasteiger partial charge < -0.3 is 24.9 Å². The summed E-state index contributed by atoms with van der Waals surface area (Å²) in [7, 11) is 4.82. The lowest BCUT2D eigenvalue weighted by Gasteiger charge is -2.16. The molecule has 0 unspecified atom stereocenters. The topological polar surface area (TPSA) is 99.5 Å². The molecule has 7 nitrogen and oxygen atoms in total. The number of nitrogens with one attached hydrogen (secondary N) is 1. The van der Waals surface area contributed by atoms with Gasteiger partial charge in [-0.05, 0) is 53.8 Å². The lowest BCUT2D eigenvalue weighted by molar-refractivity contribution is 0.356. The molecule has 0 atom stereocenters. The van der Waals surface area contributed by atoms with Crippen molar-refractivity contribution in [3.63, 3.8) is 0 Å². The number of aromatic nitrogens is 2. The van der Waals surface area contributed by atoms with Gasteiger partial charge in [0.2, 0.25) is 0 Å². The van der Waals surface area contributed by atoms with Crippen LogP contribution in [0.2, 0.25) is 0 Å². The summed E-state index contributed by atoms with van der Waals surface area (Å²) < 4.78 is 16.4. The monoisotopic (exact) mass is 447 g/mol. The lowest BCUT2D eigenvalue weighted by atomic mass is 9.95. The van der Waals surface area contributed by atoms with Gasteiger partial charge in [-0.1, -0.05) is 13.3 Å². The molecule has 0 aliphatic heterocycles. The summed E-state index contributed by atoms with van der Waals surface area (Å²) in [6.07, 6.45) is 2.21. The van der Waals surface area contributed by atoms with E-state index in [1.165, 1.54) is 0 Å². The second-order valence-electron chi connectivity index (χ2n) is 7.95. The van der Waals surface area contributed by atoms with Crippen LogP contribution < -0.4 is 25.5 Å². The zero-order valence-electron chi connectivity index (χ0n) is 19.5. The van der Waals surface area contributed by atoms with Crippen molar-refractivity contribution in [1.29, 1.82) is 0 Å². The molecule has 2 aromatic heterocycles. The maximum absolute atomic E-state index is 13.2. The summed E-state index contributed by atoms with van der Waals surface area (Å²) in [5.74, 6) is 1.92. The highest BCUT2D eigenvalue weighted by Crippen LogP contribution is 2.35. The molecule has 172 valence electrons. The molecular formula is C26H29N3O4. The van der Waals surface area contributed by atoms with Crippen LogP contribution in [0.15, 0.2) is 41.2 Å². The Morgan fingerprint density at radius 3 is 2.33 bits per heavy atom. The fourth-order valence-electron chi connectivity index (χ4n) is 4.28. The Hall–Kier alpha value is -3.58. The van der Waals surface area contributed by atoms with Gasteiger partial charge in [-0.25, -0.2) is 0 Å². The largest absolute Gasteiger partial charge is 0.497 e. The number of aromatic amines is 1. The number of nitrogens with two attached hydrogens (primary N) is 1. The van der Waals surface area contributed by atoms with Gasteiger partial charge in [0.1, 0.15) is 5.75 Å². The minimum absolute atomic E-state index is 0.164. The van der Waals surface area contributed by atoms with Crippen LogP contribution in [0.25, 0.3) is 21.7 Å². The van der Waals surface area contributed by atoms with Gasteiger partial charge in [0.05, 0.1) is 26.8 Å². The summed E-state index contributed by atoms with van der Waals surface area (Å²) in [6, 6.07) is 11.7. The molecule has 3 N–H and O–H groups in total. The van der Waals surface area contributed by atoms with Crippen LogP contribution in [-0.2, 0) is 19.4 Å². The quantitative estimate of drug-likeness (QED) is 0.422. The van der Waals surface area contributed by atoms with Crippen LogP contribution in [0.3, 0.4) is 0 Å². The number of rotatable bonds is 8. The molecule has 4 aromatic rings. The zero-order chi connectivity index (χ0) is 23.5. The first-order valence-corrected chi connectivity index (χ1v) is 11.0. The number of hydrogen-bond donors (Lipinski definition) is 2. The van der Waals surface area contributed by atoms with E-state index in [2.05, 4.69) is 18.0 Å². The van der Waals surface area contributed by atoms with E-state index in [4.69, 9.17) is 24.9 Å². The molecule has 4 rings (SSSR count). The van der Waals surface area contributed by atoms with E-state index in [1.54, 1.807) is 21.3 Å². The lowest BCUT2D eigenvalue weighted by Crippen LogP contribution is -2.18. The molecule has 0 saturated heterocycles. The zero-order valence-corrected chi connectivity index (χ0v) is 19.5. The van der Waals surface area contributed by atoms with Gasteiger partial charge >= 0.3 is 0 Å². The highest BCUT2D eigenvalue weighted by Gasteiger charge is 2.17. The molecule has 2 heterocycles. The Morgan fingerprint density at radius 2 is 1.70 bits per heavy atom. The SMILES string of the molecule is CCCc1nc2ccc(OC)cc2cc1Cc1c(=O)[nH]c(CN)c2cc(OC)c(OC)cc12. The fourth-order valence-corrected chi connectivity index (χ4v) is 4.28. The molecule has 33 heavy (non-hydrogen) atoms. The maximum atomic E-state index is 13.2. The number of ether oxygens (including phenoxy) is 3. The maximum Gasteiger partial charge on any atom is 0.252 e. The van der Waals surface area contributed by atoms with Crippen LogP contribution >= 0.6 is 0 Å². The molecule has 0 aliphatic carbocycles. The van der Waals surface area contributed by atoms with Gasteiger partial charge in [-0.3, -0.25) is 9.78 Å². The molecule has 0 saturated carbocycles. The summed E-state index contributed by atoms with van der Waals surface area (Å²) in [6.45, 7) is 2.33. The minimum atomic E-state index is -0.164. The summed E-state index contributed by atoms with van der Waals surface area (Å²) in [4.78, 5) is 21.1. The van der Waals surface area contributed by atoms with Gasteiger partial charge in [0.25, 0.3) is 5.56 Å². The van der Waals surface area contributed by atoms with Crippen molar-refractivity contribution in [2.75, 3.05) is 21.3 Å². The average molecular weight is 448 g/mol. The number of nitrogens with zero attached hydrogens (tertiary/aromatic N) is 1. The van der Waals surface area contributed by atoms with Crippen LogP contribution in [0, 0.1) is 0 Å². The number of benzene rings is 2. The van der Waals surface area contributed by atoms with Crippen molar-refractivity contribution in [3.05, 3.63) is 69.3 Å². The third kappa shape index (κ3) is 4.24. The molecule has 0 spiro atoms. The van der Waals surface area contributed by atoms with E-state index in [0.717, 1.165) is 51.5 Å². The Bertz CT molecular complexity index is 1380. The Balaban J connectivity index is 1.95. The molecule has 0 fully saturated rings. The first-order valence-electron chi connectivity index (χ1n) is 11.0. The van der Waals surface area contributed by atoms with Crippen molar-refractivity contribution >= 4 is 21.7 Å². The van der Waals surface area contributed by atoms with Crippen molar-refractivity contribution in [3.8, 4) is 17.2 Å².